The molecule has 0 aromatic heterocycles. The summed E-state index contributed by atoms with van der Waals surface area (Å²) in [5, 5.41) is 0. The van der Waals surface area contributed by atoms with Gasteiger partial charge in [0.1, 0.15) is 6.61 Å². The lowest BCUT2D eigenvalue weighted by Gasteiger charge is -2.15. The van der Waals surface area contributed by atoms with E-state index in [1.165, 1.54) is 12.1 Å². The highest BCUT2D eigenvalue weighted by Crippen LogP contribution is 2.21. The number of benzene rings is 2. The monoisotopic (exact) mass is 276 g/mol. The number of ketones is 1. The molecule has 0 radical (unpaired) electrons. The first kappa shape index (κ1) is 14.3. The van der Waals surface area contributed by atoms with Crippen molar-refractivity contribution in [1.29, 1.82) is 0 Å². The summed E-state index contributed by atoms with van der Waals surface area (Å²) >= 11 is 0. The number of alkyl halides is 2. The third-order valence-corrected chi connectivity index (χ3v) is 2.76. The average molecular weight is 276 g/mol. The highest BCUT2D eigenvalue weighted by Gasteiger charge is 2.39. The van der Waals surface area contributed by atoms with Crippen LogP contribution in [0.25, 0.3) is 0 Å². The quantitative estimate of drug-likeness (QED) is 0.752. The Kier molecular flexibility index (Phi) is 4.58. The first-order valence-corrected chi connectivity index (χ1v) is 6.19. The van der Waals surface area contributed by atoms with Crippen LogP contribution in [0.15, 0.2) is 60.7 Å². The number of hydrogen-bond donors (Lipinski definition) is 0. The van der Waals surface area contributed by atoms with Crippen molar-refractivity contribution < 1.29 is 18.3 Å². The number of Topliss-reactive ketones (excluding diaryl/α,β-unsaturated/α-hetero) is 1. The van der Waals surface area contributed by atoms with Crippen molar-refractivity contribution in [2.24, 2.45) is 0 Å². The van der Waals surface area contributed by atoms with Crippen molar-refractivity contribution in [1.82, 2.24) is 0 Å². The summed E-state index contributed by atoms with van der Waals surface area (Å²) in [7, 11) is 0. The molecule has 2 aromatic rings. The van der Waals surface area contributed by atoms with E-state index in [0.717, 1.165) is 5.56 Å². The summed E-state index contributed by atoms with van der Waals surface area (Å²) in [6.45, 7) is -0.867. The predicted molar refractivity (Wildman–Crippen MR) is 71.8 cm³/mol. The number of ether oxygens (including phenoxy) is 1. The summed E-state index contributed by atoms with van der Waals surface area (Å²) < 4.78 is 32.4. The first-order chi connectivity index (χ1) is 9.59. The van der Waals surface area contributed by atoms with Crippen LogP contribution in [-0.4, -0.2) is 18.3 Å². The van der Waals surface area contributed by atoms with Gasteiger partial charge in [0, 0.05) is 5.56 Å². The van der Waals surface area contributed by atoms with E-state index in [0.29, 0.717) is 0 Å². The number of halogens is 2. The zero-order chi connectivity index (χ0) is 14.4. The Morgan fingerprint density at radius 1 is 0.950 bits per heavy atom. The van der Waals surface area contributed by atoms with Crippen LogP contribution < -0.4 is 0 Å². The van der Waals surface area contributed by atoms with Gasteiger partial charge in [0.25, 0.3) is 0 Å². The highest BCUT2D eigenvalue weighted by molar-refractivity contribution is 6.01. The predicted octanol–water partition coefficient (Wildman–Crippen LogP) is 3.72. The van der Waals surface area contributed by atoms with Crippen LogP contribution >= 0.6 is 0 Å². The zero-order valence-corrected chi connectivity index (χ0v) is 10.8. The molecule has 0 aliphatic carbocycles. The van der Waals surface area contributed by atoms with Gasteiger partial charge in [0.2, 0.25) is 5.78 Å². The third kappa shape index (κ3) is 3.71. The van der Waals surface area contributed by atoms with E-state index in [1.807, 2.05) is 6.07 Å². The minimum absolute atomic E-state index is 0.0131. The summed E-state index contributed by atoms with van der Waals surface area (Å²) in [5.74, 6) is -4.73. The van der Waals surface area contributed by atoms with Gasteiger partial charge in [-0.2, -0.15) is 8.78 Å². The Balaban J connectivity index is 1.92. The standard InChI is InChI=1S/C16H14F2O2/c17-16(18,15(19)14-9-5-2-6-10-14)12-20-11-13-7-3-1-4-8-13/h1-10H,11-12H2. The van der Waals surface area contributed by atoms with Crippen LogP contribution in [0.1, 0.15) is 15.9 Å². The highest BCUT2D eigenvalue weighted by atomic mass is 19.3. The average Bonchev–Trinajstić information content (AvgIpc) is 2.48. The lowest BCUT2D eigenvalue weighted by molar-refractivity contribution is -0.0561. The summed E-state index contributed by atoms with van der Waals surface area (Å²) in [6, 6.07) is 16.5. The molecule has 20 heavy (non-hydrogen) atoms. The molecule has 0 atom stereocenters. The van der Waals surface area contributed by atoms with E-state index in [1.54, 1.807) is 42.5 Å². The van der Waals surface area contributed by atoms with Gasteiger partial charge in [0.15, 0.2) is 0 Å². The molecule has 2 rings (SSSR count). The van der Waals surface area contributed by atoms with Crippen LogP contribution in [0.3, 0.4) is 0 Å². The largest absolute Gasteiger partial charge is 0.370 e. The SMILES string of the molecule is O=C(c1ccccc1)C(F)(F)COCc1ccccc1. The Labute approximate surface area is 116 Å². The second-order valence-corrected chi connectivity index (χ2v) is 4.38. The topological polar surface area (TPSA) is 26.3 Å². The molecule has 0 aliphatic rings. The molecule has 0 bridgehead atoms. The Hall–Kier alpha value is -2.07. The van der Waals surface area contributed by atoms with Gasteiger partial charge < -0.3 is 4.74 Å². The minimum atomic E-state index is -3.52. The van der Waals surface area contributed by atoms with Crippen LogP contribution in [0.4, 0.5) is 8.78 Å². The molecule has 104 valence electrons. The van der Waals surface area contributed by atoms with E-state index in [2.05, 4.69) is 0 Å². The molecule has 0 aliphatic heterocycles. The molecule has 2 aromatic carbocycles. The van der Waals surface area contributed by atoms with Gasteiger partial charge in [-0.15, -0.1) is 0 Å². The Bertz CT molecular complexity index is 553. The van der Waals surface area contributed by atoms with Crippen molar-refractivity contribution >= 4 is 5.78 Å². The maximum atomic E-state index is 13.7. The van der Waals surface area contributed by atoms with E-state index < -0.39 is 18.3 Å². The first-order valence-electron chi connectivity index (χ1n) is 6.19. The molecular weight excluding hydrogens is 262 g/mol. The molecule has 0 spiro atoms. The summed E-state index contributed by atoms with van der Waals surface area (Å²) in [5.41, 5.74) is 0.774. The fraction of sp³-hybridized carbons (Fsp3) is 0.188. The van der Waals surface area contributed by atoms with Crippen LogP contribution in [0.5, 0.6) is 0 Å². The maximum Gasteiger partial charge on any atom is 0.332 e. The second-order valence-electron chi connectivity index (χ2n) is 4.38. The second kappa shape index (κ2) is 6.39. The molecule has 2 nitrogen and oxygen atoms in total. The molecule has 0 fully saturated rings. The fourth-order valence-electron chi connectivity index (χ4n) is 1.74. The molecule has 0 unspecified atom stereocenters. The van der Waals surface area contributed by atoms with Gasteiger partial charge in [-0.05, 0) is 5.56 Å². The van der Waals surface area contributed by atoms with Crippen molar-refractivity contribution in [3.63, 3.8) is 0 Å². The maximum absolute atomic E-state index is 13.7. The van der Waals surface area contributed by atoms with Crippen molar-refractivity contribution in [2.75, 3.05) is 6.61 Å². The van der Waals surface area contributed by atoms with Gasteiger partial charge >= 0.3 is 5.92 Å². The van der Waals surface area contributed by atoms with Gasteiger partial charge in [-0.25, -0.2) is 0 Å². The van der Waals surface area contributed by atoms with Crippen molar-refractivity contribution in [3.8, 4) is 0 Å². The van der Waals surface area contributed by atoms with Crippen LogP contribution in [0, 0.1) is 0 Å². The lowest BCUT2D eigenvalue weighted by Crippen LogP contribution is -2.34. The summed E-state index contributed by atoms with van der Waals surface area (Å²) in [6.07, 6.45) is 0. The smallest absolute Gasteiger partial charge is 0.332 e. The summed E-state index contributed by atoms with van der Waals surface area (Å²) in [4.78, 5) is 11.7. The normalized spacial score (nSPS) is 11.3. The van der Waals surface area contributed by atoms with E-state index in [9.17, 15) is 13.6 Å². The zero-order valence-electron chi connectivity index (χ0n) is 10.8. The molecule has 0 heterocycles. The molecule has 4 heteroatoms. The van der Waals surface area contributed by atoms with Gasteiger partial charge in [-0.3, -0.25) is 4.79 Å². The molecule has 0 N–H and O–H groups in total. The number of carbonyl (C=O) groups excluding carboxylic acids is 1. The molecule has 0 amide bonds. The molecular formula is C16H14F2O2. The lowest BCUT2D eigenvalue weighted by atomic mass is 10.1. The number of rotatable bonds is 6. The fourth-order valence-corrected chi connectivity index (χ4v) is 1.74. The third-order valence-electron chi connectivity index (χ3n) is 2.76. The Morgan fingerprint density at radius 3 is 2.10 bits per heavy atom. The van der Waals surface area contributed by atoms with Crippen LogP contribution in [-0.2, 0) is 11.3 Å². The molecule has 0 saturated heterocycles. The van der Waals surface area contributed by atoms with E-state index >= 15 is 0 Å². The molecule has 0 saturated carbocycles. The minimum Gasteiger partial charge on any atom is -0.370 e. The number of hydrogen-bond acceptors (Lipinski definition) is 2. The van der Waals surface area contributed by atoms with Crippen molar-refractivity contribution in [2.45, 2.75) is 12.5 Å². The van der Waals surface area contributed by atoms with E-state index in [4.69, 9.17) is 4.74 Å². The number of carbonyl (C=O) groups is 1. The van der Waals surface area contributed by atoms with Gasteiger partial charge in [0.05, 0.1) is 6.61 Å². The Morgan fingerprint density at radius 2 is 1.50 bits per heavy atom. The van der Waals surface area contributed by atoms with Crippen molar-refractivity contribution in [3.05, 3.63) is 71.8 Å². The van der Waals surface area contributed by atoms with Gasteiger partial charge in [-0.1, -0.05) is 60.7 Å². The van der Waals surface area contributed by atoms with Crippen LogP contribution in [0.2, 0.25) is 0 Å². The van der Waals surface area contributed by atoms with E-state index in [-0.39, 0.29) is 12.2 Å².